The Morgan fingerprint density at radius 1 is 1.00 bits per heavy atom. The second-order valence-electron chi connectivity index (χ2n) is 6.69. The number of carbonyl (C=O) groups is 2. The number of para-hydroxylation sites is 1. The third-order valence-electron chi connectivity index (χ3n) is 4.28. The molecule has 7 nitrogen and oxygen atoms in total. The summed E-state index contributed by atoms with van der Waals surface area (Å²) in [5.41, 5.74) is 3.63. The van der Waals surface area contributed by atoms with Crippen molar-refractivity contribution in [1.29, 1.82) is 0 Å². The third kappa shape index (κ3) is 7.15. The van der Waals surface area contributed by atoms with Gasteiger partial charge in [0.05, 0.1) is 18.5 Å². The molecule has 0 saturated carbocycles. The molecule has 0 spiro atoms. The van der Waals surface area contributed by atoms with Gasteiger partial charge in [-0.1, -0.05) is 40.2 Å². The van der Waals surface area contributed by atoms with Crippen molar-refractivity contribution in [3.05, 3.63) is 88.1 Å². The Labute approximate surface area is 198 Å². The van der Waals surface area contributed by atoms with Gasteiger partial charge >= 0.3 is 11.8 Å². The number of anilines is 1. The van der Waals surface area contributed by atoms with E-state index in [1.165, 1.54) is 30.5 Å². The molecule has 0 bridgehead atoms. The van der Waals surface area contributed by atoms with Crippen LogP contribution in [0.25, 0.3) is 0 Å². The highest BCUT2D eigenvalue weighted by molar-refractivity contribution is 9.10. The summed E-state index contributed by atoms with van der Waals surface area (Å²) in [7, 11) is 0. The molecule has 0 aromatic heterocycles. The largest absolute Gasteiger partial charge is 0.490 e. The van der Waals surface area contributed by atoms with Crippen LogP contribution in [0.2, 0.25) is 0 Å². The van der Waals surface area contributed by atoms with E-state index in [1.807, 2.05) is 31.2 Å². The molecule has 9 heteroatoms. The maximum absolute atomic E-state index is 13.6. The maximum atomic E-state index is 13.6. The number of nitrogens with one attached hydrogen (secondary N) is 2. The van der Waals surface area contributed by atoms with Crippen molar-refractivity contribution < 1.29 is 23.5 Å². The van der Waals surface area contributed by atoms with Gasteiger partial charge < -0.3 is 14.8 Å². The summed E-state index contributed by atoms with van der Waals surface area (Å²) in [4.78, 5) is 23.8. The smallest absolute Gasteiger partial charge is 0.329 e. The number of nitrogens with zero attached hydrogens (tertiary/aromatic N) is 1. The zero-order chi connectivity index (χ0) is 23.6. The van der Waals surface area contributed by atoms with Gasteiger partial charge in [0.15, 0.2) is 11.5 Å². The van der Waals surface area contributed by atoms with Gasteiger partial charge in [0, 0.05) is 4.47 Å². The number of amides is 2. The Morgan fingerprint density at radius 2 is 1.76 bits per heavy atom. The summed E-state index contributed by atoms with van der Waals surface area (Å²) in [6.07, 6.45) is 1.36. The zero-order valence-corrected chi connectivity index (χ0v) is 19.3. The molecule has 2 N–H and O–H groups in total. The third-order valence-corrected chi connectivity index (χ3v) is 4.81. The second-order valence-corrected chi connectivity index (χ2v) is 7.60. The van der Waals surface area contributed by atoms with Crippen LogP contribution < -0.4 is 20.2 Å². The van der Waals surface area contributed by atoms with Crippen LogP contribution in [-0.4, -0.2) is 24.6 Å². The Bertz CT molecular complexity index is 1150. The number of benzene rings is 3. The average molecular weight is 514 g/mol. The molecule has 3 aromatic rings. The molecule has 0 aliphatic heterocycles. The lowest BCUT2D eigenvalue weighted by Gasteiger charge is -2.12. The number of hydrazone groups is 1. The molecule has 0 unspecified atom stereocenters. The van der Waals surface area contributed by atoms with E-state index in [4.69, 9.17) is 9.47 Å². The van der Waals surface area contributed by atoms with Crippen LogP contribution in [-0.2, 0) is 16.2 Å². The monoisotopic (exact) mass is 513 g/mol. The molecule has 0 aliphatic carbocycles. The number of halogens is 2. The fraction of sp³-hybridized carbons (Fsp3) is 0.125. The maximum Gasteiger partial charge on any atom is 0.329 e. The molecule has 0 fully saturated rings. The topological polar surface area (TPSA) is 89.0 Å². The molecule has 0 radical (unpaired) electrons. The van der Waals surface area contributed by atoms with E-state index >= 15 is 0 Å². The fourth-order valence-corrected chi connectivity index (χ4v) is 2.96. The predicted molar refractivity (Wildman–Crippen MR) is 127 cm³/mol. The van der Waals surface area contributed by atoms with Gasteiger partial charge in [-0.3, -0.25) is 9.59 Å². The highest BCUT2D eigenvalue weighted by Crippen LogP contribution is 2.29. The first-order chi connectivity index (χ1) is 16.0. The van der Waals surface area contributed by atoms with E-state index in [1.54, 1.807) is 18.2 Å². The molecular formula is C24H21BrFN3O4. The minimum atomic E-state index is -1.04. The number of hydrogen-bond acceptors (Lipinski definition) is 5. The average Bonchev–Trinajstić information content (AvgIpc) is 2.81. The summed E-state index contributed by atoms with van der Waals surface area (Å²) < 4.78 is 26.1. The van der Waals surface area contributed by atoms with Crippen molar-refractivity contribution in [2.75, 3.05) is 11.9 Å². The summed E-state index contributed by atoms with van der Waals surface area (Å²) in [5.74, 6) is -1.64. The Kier molecular flexibility index (Phi) is 8.54. The molecule has 33 heavy (non-hydrogen) atoms. The highest BCUT2D eigenvalue weighted by atomic mass is 79.9. The molecule has 0 saturated heterocycles. The fourth-order valence-electron chi connectivity index (χ4n) is 2.69. The molecule has 170 valence electrons. The number of ether oxygens (including phenoxy) is 2. The van der Waals surface area contributed by atoms with Crippen LogP contribution in [0.4, 0.5) is 10.1 Å². The molecule has 0 aliphatic rings. The summed E-state index contributed by atoms with van der Waals surface area (Å²) in [5, 5.41) is 5.96. The lowest BCUT2D eigenvalue weighted by molar-refractivity contribution is -0.136. The van der Waals surface area contributed by atoms with Gasteiger partial charge in [0.1, 0.15) is 12.4 Å². The normalized spacial score (nSPS) is 10.6. The predicted octanol–water partition coefficient (Wildman–Crippen LogP) is 4.65. The van der Waals surface area contributed by atoms with Crippen LogP contribution in [0.3, 0.4) is 0 Å². The van der Waals surface area contributed by atoms with Crippen molar-refractivity contribution >= 4 is 39.6 Å². The van der Waals surface area contributed by atoms with Gasteiger partial charge in [-0.15, -0.1) is 0 Å². The van der Waals surface area contributed by atoms with Crippen LogP contribution in [0.15, 0.2) is 76.3 Å². The Hall–Kier alpha value is -3.72. The quantitative estimate of drug-likeness (QED) is 0.260. The molecule has 3 aromatic carbocycles. The number of hydrogen-bond donors (Lipinski definition) is 2. The van der Waals surface area contributed by atoms with Gasteiger partial charge in [0.25, 0.3) is 0 Å². The van der Waals surface area contributed by atoms with Crippen molar-refractivity contribution in [2.24, 2.45) is 5.10 Å². The van der Waals surface area contributed by atoms with Crippen molar-refractivity contribution in [1.82, 2.24) is 5.43 Å². The lowest BCUT2D eigenvalue weighted by Crippen LogP contribution is -2.32. The van der Waals surface area contributed by atoms with Gasteiger partial charge in [-0.25, -0.2) is 9.82 Å². The Morgan fingerprint density at radius 3 is 2.48 bits per heavy atom. The number of carbonyl (C=O) groups excluding carboxylic acids is 2. The minimum absolute atomic E-state index is 0.0956. The minimum Gasteiger partial charge on any atom is -0.490 e. The first-order valence-corrected chi connectivity index (χ1v) is 10.8. The summed E-state index contributed by atoms with van der Waals surface area (Å²) in [6.45, 7) is 2.66. The van der Waals surface area contributed by atoms with Crippen molar-refractivity contribution in [3.63, 3.8) is 0 Å². The van der Waals surface area contributed by atoms with Crippen LogP contribution in [0.1, 0.15) is 18.1 Å². The van der Waals surface area contributed by atoms with Crippen LogP contribution in [0.5, 0.6) is 11.5 Å². The van der Waals surface area contributed by atoms with Crippen LogP contribution >= 0.6 is 15.9 Å². The Balaban J connectivity index is 1.59. The van der Waals surface area contributed by atoms with Crippen LogP contribution in [0, 0.1) is 5.82 Å². The summed E-state index contributed by atoms with van der Waals surface area (Å²) in [6, 6.07) is 18.5. The summed E-state index contributed by atoms with van der Waals surface area (Å²) >= 11 is 3.40. The molecule has 0 heterocycles. The molecular weight excluding hydrogens is 493 g/mol. The molecule has 0 atom stereocenters. The lowest BCUT2D eigenvalue weighted by atomic mass is 10.2. The van der Waals surface area contributed by atoms with Gasteiger partial charge in [-0.05, 0) is 60.5 Å². The standard InChI is InChI=1S/C24H21BrFN3O4/c1-2-32-22-13-17(9-12-21(22)33-15-16-7-10-18(25)11-8-16)14-27-29-24(31)23(30)28-20-6-4-3-5-19(20)26/h3-14H,2,15H2,1H3,(H,28,30)(H,29,31)/b27-14-. The van der Waals surface area contributed by atoms with E-state index in [2.05, 4.69) is 31.8 Å². The zero-order valence-electron chi connectivity index (χ0n) is 17.7. The van der Waals surface area contributed by atoms with Crippen molar-refractivity contribution in [3.8, 4) is 11.5 Å². The van der Waals surface area contributed by atoms with E-state index < -0.39 is 17.6 Å². The van der Waals surface area contributed by atoms with Gasteiger partial charge in [-0.2, -0.15) is 5.10 Å². The van der Waals surface area contributed by atoms with E-state index in [-0.39, 0.29) is 5.69 Å². The number of rotatable bonds is 8. The van der Waals surface area contributed by atoms with E-state index in [0.717, 1.165) is 10.0 Å². The van der Waals surface area contributed by atoms with Crippen molar-refractivity contribution in [2.45, 2.75) is 13.5 Å². The highest BCUT2D eigenvalue weighted by Gasteiger charge is 2.14. The first kappa shape index (κ1) is 23.9. The van der Waals surface area contributed by atoms with E-state index in [0.29, 0.717) is 30.3 Å². The molecule has 3 rings (SSSR count). The second kappa shape index (κ2) is 11.8. The first-order valence-electron chi connectivity index (χ1n) is 9.99. The van der Waals surface area contributed by atoms with E-state index in [9.17, 15) is 14.0 Å². The SMILES string of the molecule is CCOc1cc(/C=N\NC(=O)C(=O)Nc2ccccc2F)ccc1OCc1ccc(Br)cc1. The van der Waals surface area contributed by atoms with Gasteiger partial charge in [0.2, 0.25) is 0 Å². The molecule has 2 amide bonds.